The van der Waals surface area contributed by atoms with Gasteiger partial charge in [-0.1, -0.05) is 6.92 Å². The van der Waals surface area contributed by atoms with Gasteiger partial charge in [0.25, 0.3) is 5.91 Å². The molecule has 2 rings (SSSR count). The Morgan fingerprint density at radius 2 is 2.20 bits per heavy atom. The van der Waals surface area contributed by atoms with Gasteiger partial charge in [0.05, 0.1) is 5.56 Å². The smallest absolute Gasteiger partial charge is 0.255 e. The lowest BCUT2D eigenvalue weighted by atomic mass is 9.97. The second kappa shape index (κ2) is 7.74. The summed E-state index contributed by atoms with van der Waals surface area (Å²) in [4.78, 5) is 18.7. The second-order valence-corrected chi connectivity index (χ2v) is 6.25. The van der Waals surface area contributed by atoms with Gasteiger partial charge in [0.15, 0.2) is 0 Å². The number of carbonyl (C=O) groups is 1. The van der Waals surface area contributed by atoms with Crippen LogP contribution in [-0.2, 0) is 0 Å². The summed E-state index contributed by atoms with van der Waals surface area (Å²) in [6.45, 7) is 5.92. The van der Waals surface area contributed by atoms with Gasteiger partial charge in [-0.15, -0.1) is 0 Å². The van der Waals surface area contributed by atoms with Gasteiger partial charge in [0, 0.05) is 30.0 Å². The largest absolute Gasteiger partial charge is 0.338 e. The fourth-order valence-electron chi connectivity index (χ4n) is 2.63. The van der Waals surface area contributed by atoms with Gasteiger partial charge >= 0.3 is 0 Å². The number of amides is 1. The molecule has 1 aliphatic heterocycles. The Morgan fingerprint density at radius 1 is 1.45 bits per heavy atom. The van der Waals surface area contributed by atoms with Crippen LogP contribution in [0, 0.1) is 5.92 Å². The van der Waals surface area contributed by atoms with E-state index in [-0.39, 0.29) is 5.91 Å². The predicted octanol–water partition coefficient (Wildman–Crippen LogP) is 2.70. The van der Waals surface area contributed by atoms with Crippen LogP contribution in [0.15, 0.2) is 22.9 Å². The van der Waals surface area contributed by atoms with Crippen LogP contribution in [-0.4, -0.2) is 42.0 Å². The van der Waals surface area contributed by atoms with Crippen molar-refractivity contribution in [1.29, 1.82) is 0 Å². The lowest BCUT2D eigenvalue weighted by Gasteiger charge is -2.30. The van der Waals surface area contributed by atoms with Crippen molar-refractivity contribution >= 4 is 21.8 Å². The number of aromatic nitrogens is 1. The maximum absolute atomic E-state index is 12.6. The minimum absolute atomic E-state index is 0.0965. The molecule has 1 aromatic heterocycles. The van der Waals surface area contributed by atoms with Crippen LogP contribution in [0.5, 0.6) is 0 Å². The van der Waals surface area contributed by atoms with Crippen molar-refractivity contribution in [3.05, 3.63) is 28.5 Å². The summed E-state index contributed by atoms with van der Waals surface area (Å²) in [6, 6.07) is 1.85. The summed E-state index contributed by atoms with van der Waals surface area (Å²) in [5, 5.41) is 3.37. The molecule has 5 heteroatoms. The minimum Gasteiger partial charge on any atom is -0.338 e. The normalized spacial score (nSPS) is 16.1. The molecule has 0 bridgehead atoms. The molecule has 0 aromatic carbocycles. The predicted molar refractivity (Wildman–Crippen MR) is 83.7 cm³/mol. The Bertz CT molecular complexity index is 446. The molecule has 1 aromatic rings. The number of nitrogens with one attached hydrogen (secondary N) is 1. The van der Waals surface area contributed by atoms with Gasteiger partial charge in [0.1, 0.15) is 0 Å². The molecule has 1 fully saturated rings. The van der Waals surface area contributed by atoms with E-state index in [4.69, 9.17) is 0 Å². The third-order valence-corrected chi connectivity index (χ3v) is 4.10. The van der Waals surface area contributed by atoms with Crippen LogP contribution >= 0.6 is 15.9 Å². The van der Waals surface area contributed by atoms with E-state index in [1.54, 1.807) is 12.4 Å². The lowest BCUT2D eigenvalue weighted by Crippen LogP contribution is -2.39. The monoisotopic (exact) mass is 339 g/mol. The molecular formula is C15H22BrN3O. The van der Waals surface area contributed by atoms with Crippen LogP contribution in [0.1, 0.15) is 36.5 Å². The quantitative estimate of drug-likeness (QED) is 0.896. The lowest BCUT2D eigenvalue weighted by molar-refractivity contribution is 0.0716. The fourth-order valence-corrected chi connectivity index (χ4v) is 3.00. The topological polar surface area (TPSA) is 45.2 Å². The summed E-state index contributed by atoms with van der Waals surface area (Å²) >= 11 is 3.38. The number of halogens is 1. The highest BCUT2D eigenvalue weighted by Gasteiger charge is 2.21. The molecule has 1 N–H and O–H groups in total. The SMILES string of the molecule is CCCN(CC1CCNCC1)C(=O)c1cncc(Br)c1. The van der Waals surface area contributed by atoms with E-state index in [2.05, 4.69) is 33.2 Å². The number of nitrogens with zero attached hydrogens (tertiary/aromatic N) is 2. The highest BCUT2D eigenvalue weighted by atomic mass is 79.9. The zero-order valence-corrected chi connectivity index (χ0v) is 13.5. The number of pyridine rings is 1. The van der Waals surface area contributed by atoms with Gasteiger partial charge in [-0.05, 0) is 60.3 Å². The zero-order valence-electron chi connectivity index (χ0n) is 11.9. The number of carbonyl (C=O) groups excluding carboxylic acids is 1. The Balaban J connectivity index is 2.04. The summed E-state index contributed by atoms with van der Waals surface area (Å²) in [5.41, 5.74) is 0.668. The summed E-state index contributed by atoms with van der Waals surface area (Å²) < 4.78 is 0.849. The number of hydrogen-bond donors (Lipinski definition) is 1. The first kappa shape index (κ1) is 15.4. The van der Waals surface area contributed by atoms with E-state index >= 15 is 0 Å². The Hall–Kier alpha value is -0.940. The van der Waals surface area contributed by atoms with E-state index < -0.39 is 0 Å². The standard InChI is InChI=1S/C15H22BrN3O/c1-2-7-19(11-12-3-5-17-6-4-12)15(20)13-8-14(16)10-18-9-13/h8-10,12,17H,2-7,11H2,1H3. The second-order valence-electron chi connectivity index (χ2n) is 5.34. The molecule has 0 saturated carbocycles. The maximum atomic E-state index is 12.6. The summed E-state index contributed by atoms with van der Waals surface area (Å²) in [5.74, 6) is 0.714. The van der Waals surface area contributed by atoms with Crippen molar-refractivity contribution in [1.82, 2.24) is 15.2 Å². The van der Waals surface area contributed by atoms with Gasteiger partial charge in [-0.3, -0.25) is 9.78 Å². The highest BCUT2D eigenvalue weighted by Crippen LogP contribution is 2.17. The first-order valence-electron chi connectivity index (χ1n) is 7.31. The van der Waals surface area contributed by atoms with Gasteiger partial charge in [-0.25, -0.2) is 0 Å². The third kappa shape index (κ3) is 4.28. The molecule has 4 nitrogen and oxygen atoms in total. The molecule has 0 radical (unpaired) electrons. The summed E-state index contributed by atoms with van der Waals surface area (Å²) in [7, 11) is 0. The molecular weight excluding hydrogens is 318 g/mol. The molecule has 1 aliphatic rings. The van der Waals surface area contributed by atoms with Crippen molar-refractivity contribution in [3.63, 3.8) is 0 Å². The van der Waals surface area contributed by atoms with E-state index in [0.29, 0.717) is 11.5 Å². The molecule has 110 valence electrons. The van der Waals surface area contributed by atoms with E-state index in [0.717, 1.165) is 49.9 Å². The Labute approximate surface area is 129 Å². The molecule has 0 unspecified atom stereocenters. The summed E-state index contributed by atoms with van der Waals surface area (Å²) in [6.07, 6.45) is 6.65. The van der Waals surface area contributed by atoms with Crippen LogP contribution in [0.2, 0.25) is 0 Å². The average molecular weight is 340 g/mol. The van der Waals surface area contributed by atoms with Crippen LogP contribution in [0.4, 0.5) is 0 Å². The molecule has 1 amide bonds. The molecule has 0 aliphatic carbocycles. The van der Waals surface area contributed by atoms with Crippen LogP contribution in [0.25, 0.3) is 0 Å². The van der Waals surface area contributed by atoms with Crippen molar-refractivity contribution in [2.45, 2.75) is 26.2 Å². The number of hydrogen-bond acceptors (Lipinski definition) is 3. The van der Waals surface area contributed by atoms with E-state index in [9.17, 15) is 4.79 Å². The highest BCUT2D eigenvalue weighted by molar-refractivity contribution is 9.10. The Kier molecular flexibility index (Phi) is 5.98. The van der Waals surface area contributed by atoms with Crippen molar-refractivity contribution in [2.75, 3.05) is 26.2 Å². The van der Waals surface area contributed by atoms with Crippen molar-refractivity contribution < 1.29 is 4.79 Å². The Morgan fingerprint density at radius 3 is 2.85 bits per heavy atom. The van der Waals surface area contributed by atoms with Gasteiger partial charge < -0.3 is 10.2 Å². The van der Waals surface area contributed by atoms with Crippen LogP contribution < -0.4 is 5.32 Å². The number of piperidine rings is 1. The third-order valence-electron chi connectivity index (χ3n) is 3.67. The van der Waals surface area contributed by atoms with E-state index in [1.165, 1.54) is 0 Å². The zero-order chi connectivity index (χ0) is 14.4. The molecule has 0 spiro atoms. The average Bonchev–Trinajstić information content (AvgIpc) is 2.47. The van der Waals surface area contributed by atoms with Crippen molar-refractivity contribution in [3.8, 4) is 0 Å². The molecule has 2 heterocycles. The fraction of sp³-hybridized carbons (Fsp3) is 0.600. The minimum atomic E-state index is 0.0965. The molecule has 20 heavy (non-hydrogen) atoms. The van der Waals surface area contributed by atoms with Crippen molar-refractivity contribution in [2.24, 2.45) is 5.92 Å². The van der Waals surface area contributed by atoms with Gasteiger partial charge in [0.2, 0.25) is 0 Å². The molecule has 0 atom stereocenters. The van der Waals surface area contributed by atoms with Crippen LogP contribution in [0.3, 0.4) is 0 Å². The number of rotatable bonds is 5. The first-order valence-corrected chi connectivity index (χ1v) is 8.10. The maximum Gasteiger partial charge on any atom is 0.255 e. The molecule has 1 saturated heterocycles. The van der Waals surface area contributed by atoms with Gasteiger partial charge in [-0.2, -0.15) is 0 Å². The first-order chi connectivity index (χ1) is 9.70. The van der Waals surface area contributed by atoms with E-state index in [1.807, 2.05) is 11.0 Å².